The van der Waals surface area contributed by atoms with Crippen molar-refractivity contribution in [1.29, 1.82) is 0 Å². The third-order valence-corrected chi connectivity index (χ3v) is 4.70. The first-order valence-electron chi connectivity index (χ1n) is 8.77. The molecule has 0 aliphatic carbocycles. The maximum absolute atomic E-state index is 12.7. The first kappa shape index (κ1) is 18.3. The molecule has 0 spiro atoms. The minimum Gasteiger partial charge on any atom is -0.380 e. The van der Waals surface area contributed by atoms with Crippen LogP contribution in [0.1, 0.15) is 43.2 Å². The quantitative estimate of drug-likeness (QED) is 0.841. The van der Waals surface area contributed by atoms with Gasteiger partial charge in [0.2, 0.25) is 0 Å². The lowest BCUT2D eigenvalue weighted by atomic mass is 9.89. The largest absolute Gasteiger partial charge is 0.380 e. The number of H-pyrrole nitrogens is 1. The number of nitrogens with zero attached hydrogens (tertiary/aromatic N) is 4. The molecule has 2 aromatic rings. The summed E-state index contributed by atoms with van der Waals surface area (Å²) in [7, 11) is 1.71. The van der Waals surface area contributed by atoms with Crippen molar-refractivity contribution in [2.45, 2.75) is 44.8 Å². The van der Waals surface area contributed by atoms with E-state index in [0.717, 1.165) is 24.5 Å². The highest BCUT2D eigenvalue weighted by Gasteiger charge is 2.33. The van der Waals surface area contributed by atoms with E-state index in [1.54, 1.807) is 19.5 Å². The van der Waals surface area contributed by atoms with Gasteiger partial charge in [0.25, 0.3) is 5.91 Å². The summed E-state index contributed by atoms with van der Waals surface area (Å²) in [6.45, 7) is 7.40. The summed E-state index contributed by atoms with van der Waals surface area (Å²) in [5.74, 6) is 0.727. The van der Waals surface area contributed by atoms with Crippen LogP contribution in [0.25, 0.3) is 0 Å². The van der Waals surface area contributed by atoms with Crippen LogP contribution in [-0.2, 0) is 10.2 Å². The highest BCUT2D eigenvalue weighted by molar-refractivity contribution is 5.95. The summed E-state index contributed by atoms with van der Waals surface area (Å²) >= 11 is 0. The topological polar surface area (TPSA) is 96.0 Å². The van der Waals surface area contributed by atoms with Crippen LogP contribution in [0.5, 0.6) is 0 Å². The molecule has 26 heavy (non-hydrogen) atoms. The van der Waals surface area contributed by atoms with Gasteiger partial charge in [-0.2, -0.15) is 5.10 Å². The molecule has 1 aliphatic heterocycles. The number of aromatic nitrogens is 4. The Hall–Kier alpha value is -2.48. The van der Waals surface area contributed by atoms with Gasteiger partial charge < -0.3 is 15.0 Å². The van der Waals surface area contributed by atoms with Crippen molar-refractivity contribution >= 4 is 11.7 Å². The first-order chi connectivity index (χ1) is 12.4. The molecule has 0 unspecified atom stereocenters. The molecule has 0 bridgehead atoms. The van der Waals surface area contributed by atoms with Crippen molar-refractivity contribution in [1.82, 2.24) is 25.5 Å². The van der Waals surface area contributed by atoms with Crippen molar-refractivity contribution in [2.24, 2.45) is 0 Å². The number of ether oxygens (including phenoxy) is 1. The number of carbonyl (C=O) groups is 1. The zero-order valence-electron chi connectivity index (χ0n) is 15.7. The summed E-state index contributed by atoms with van der Waals surface area (Å²) in [5, 5.41) is 10.0. The van der Waals surface area contributed by atoms with E-state index in [-0.39, 0.29) is 23.5 Å². The fourth-order valence-corrected chi connectivity index (χ4v) is 3.31. The highest BCUT2D eigenvalue weighted by atomic mass is 16.5. The smallest absolute Gasteiger partial charge is 0.254 e. The van der Waals surface area contributed by atoms with E-state index in [0.29, 0.717) is 12.1 Å². The first-order valence-corrected chi connectivity index (χ1v) is 8.77. The molecule has 0 aromatic carbocycles. The lowest BCUT2D eigenvalue weighted by Crippen LogP contribution is -2.41. The summed E-state index contributed by atoms with van der Waals surface area (Å²) in [6.07, 6.45) is 5.79. The minimum atomic E-state index is -0.176. The molecule has 8 nitrogen and oxygen atoms in total. The Bertz CT molecular complexity index is 740. The van der Waals surface area contributed by atoms with E-state index >= 15 is 0 Å². The molecule has 2 aromatic heterocycles. The van der Waals surface area contributed by atoms with Gasteiger partial charge >= 0.3 is 0 Å². The lowest BCUT2D eigenvalue weighted by molar-refractivity contribution is 0.0944. The second-order valence-corrected chi connectivity index (χ2v) is 7.59. The number of carbonyl (C=O) groups excluding carboxylic acids is 1. The number of amides is 1. The van der Waals surface area contributed by atoms with E-state index in [1.807, 2.05) is 26.8 Å². The zero-order chi connectivity index (χ0) is 18.7. The standard InChI is InChI=1S/C18H26N6O2/c1-18(2,3)16-14(9-22-23-16)17(25)20-8-12-7-13(26-4)10-24(12)15-5-6-19-11-21-15/h5-6,9,11-13H,7-8,10H2,1-4H3,(H,20,25)(H,22,23)/t12-,13-/m1/s1. The maximum Gasteiger partial charge on any atom is 0.254 e. The maximum atomic E-state index is 12.7. The van der Waals surface area contributed by atoms with Gasteiger partial charge in [0.15, 0.2) is 0 Å². The van der Waals surface area contributed by atoms with Gasteiger partial charge in [0.1, 0.15) is 12.1 Å². The summed E-state index contributed by atoms with van der Waals surface area (Å²) in [6, 6.07) is 1.99. The van der Waals surface area contributed by atoms with Crippen molar-refractivity contribution in [2.75, 3.05) is 25.1 Å². The van der Waals surface area contributed by atoms with Crippen LogP contribution in [-0.4, -0.2) is 58.4 Å². The molecule has 0 saturated carbocycles. The Balaban J connectivity index is 1.70. The normalized spacial score (nSPS) is 20.4. The van der Waals surface area contributed by atoms with Crippen molar-refractivity contribution < 1.29 is 9.53 Å². The number of hydrogen-bond acceptors (Lipinski definition) is 6. The Kier molecular flexibility index (Phi) is 5.22. The van der Waals surface area contributed by atoms with Gasteiger partial charge in [-0.1, -0.05) is 20.8 Å². The van der Waals surface area contributed by atoms with Gasteiger partial charge in [-0.3, -0.25) is 9.89 Å². The van der Waals surface area contributed by atoms with Gasteiger partial charge in [-0.05, 0) is 12.5 Å². The third kappa shape index (κ3) is 3.85. The van der Waals surface area contributed by atoms with Crippen LogP contribution in [0.15, 0.2) is 24.8 Å². The molecule has 0 radical (unpaired) electrons. The molecule has 140 valence electrons. The van der Waals surface area contributed by atoms with Crippen LogP contribution in [0.2, 0.25) is 0 Å². The monoisotopic (exact) mass is 358 g/mol. The van der Waals surface area contributed by atoms with Gasteiger partial charge in [-0.25, -0.2) is 9.97 Å². The van der Waals surface area contributed by atoms with Gasteiger partial charge in [-0.15, -0.1) is 0 Å². The summed E-state index contributed by atoms with van der Waals surface area (Å²) in [4.78, 5) is 23.1. The Labute approximate surface area is 153 Å². The predicted octanol–water partition coefficient (Wildman–Crippen LogP) is 1.52. The molecular formula is C18H26N6O2. The Morgan fingerprint density at radius 2 is 2.27 bits per heavy atom. The zero-order valence-corrected chi connectivity index (χ0v) is 15.7. The molecule has 2 N–H and O–H groups in total. The second kappa shape index (κ2) is 7.41. The molecule has 3 rings (SSSR count). The molecule has 2 atom stereocenters. The summed E-state index contributed by atoms with van der Waals surface area (Å²) in [5.41, 5.74) is 1.25. The fraction of sp³-hybridized carbons (Fsp3) is 0.556. The van der Waals surface area contributed by atoms with Crippen molar-refractivity contribution in [3.8, 4) is 0 Å². The van der Waals surface area contributed by atoms with E-state index in [4.69, 9.17) is 4.74 Å². The van der Waals surface area contributed by atoms with E-state index in [9.17, 15) is 4.79 Å². The molecule has 1 aliphatic rings. The molecule has 1 saturated heterocycles. The lowest BCUT2D eigenvalue weighted by Gasteiger charge is -2.25. The molecule has 3 heterocycles. The van der Waals surface area contributed by atoms with Gasteiger partial charge in [0.05, 0.1) is 29.6 Å². The van der Waals surface area contributed by atoms with Crippen LogP contribution in [0, 0.1) is 0 Å². The SMILES string of the molecule is CO[C@@H]1C[C@H](CNC(=O)c2cn[nH]c2C(C)(C)C)N(c2ccncn2)C1. The average Bonchev–Trinajstić information content (AvgIpc) is 3.27. The van der Waals surface area contributed by atoms with E-state index < -0.39 is 0 Å². The third-order valence-electron chi connectivity index (χ3n) is 4.70. The number of aromatic amines is 1. The number of nitrogens with one attached hydrogen (secondary N) is 2. The number of methoxy groups -OCH3 is 1. The number of hydrogen-bond donors (Lipinski definition) is 2. The predicted molar refractivity (Wildman–Crippen MR) is 98.2 cm³/mol. The molecule has 8 heteroatoms. The van der Waals surface area contributed by atoms with Crippen molar-refractivity contribution in [3.05, 3.63) is 36.0 Å². The van der Waals surface area contributed by atoms with Crippen LogP contribution in [0.3, 0.4) is 0 Å². The molecular weight excluding hydrogens is 332 g/mol. The summed E-state index contributed by atoms with van der Waals surface area (Å²) < 4.78 is 5.52. The van der Waals surface area contributed by atoms with Crippen molar-refractivity contribution in [3.63, 3.8) is 0 Å². The number of anilines is 1. The second-order valence-electron chi connectivity index (χ2n) is 7.59. The minimum absolute atomic E-state index is 0.115. The molecule has 1 amide bonds. The fourth-order valence-electron chi connectivity index (χ4n) is 3.31. The average molecular weight is 358 g/mol. The Morgan fingerprint density at radius 1 is 1.46 bits per heavy atom. The highest BCUT2D eigenvalue weighted by Crippen LogP contribution is 2.26. The van der Waals surface area contributed by atoms with Crippen LogP contribution in [0.4, 0.5) is 5.82 Å². The van der Waals surface area contributed by atoms with Gasteiger partial charge in [0, 0.05) is 31.8 Å². The van der Waals surface area contributed by atoms with E-state index in [2.05, 4.69) is 30.4 Å². The Morgan fingerprint density at radius 3 is 2.92 bits per heavy atom. The number of rotatable bonds is 5. The van der Waals surface area contributed by atoms with Crippen LogP contribution < -0.4 is 10.2 Å². The molecule has 1 fully saturated rings. The van der Waals surface area contributed by atoms with E-state index in [1.165, 1.54) is 6.33 Å². The van der Waals surface area contributed by atoms with Crippen LogP contribution >= 0.6 is 0 Å².